The van der Waals surface area contributed by atoms with Gasteiger partial charge in [-0.3, -0.25) is 4.79 Å². The minimum Gasteiger partial charge on any atom is -0.451 e. The number of H-pyrrole nitrogens is 1. The first kappa shape index (κ1) is 16.8. The van der Waals surface area contributed by atoms with E-state index in [1.807, 2.05) is 24.3 Å². The average molecular weight is 366 g/mol. The maximum absolute atomic E-state index is 12.2. The Hall–Kier alpha value is -2.30. The summed E-state index contributed by atoms with van der Waals surface area (Å²) in [4.78, 5) is 27.5. The minimum atomic E-state index is -0.490. The lowest BCUT2D eigenvalue weighted by Crippen LogP contribution is -2.51. The molecule has 4 fully saturated rings. The van der Waals surface area contributed by atoms with Crippen molar-refractivity contribution in [3.8, 4) is 0 Å². The molecule has 0 radical (unpaired) electrons. The molecule has 1 aromatic heterocycles. The number of aromatic amines is 1. The summed E-state index contributed by atoms with van der Waals surface area (Å²) < 4.78 is 5.21. The van der Waals surface area contributed by atoms with Crippen molar-refractivity contribution in [3.63, 3.8) is 0 Å². The third-order valence-electron chi connectivity index (χ3n) is 6.91. The summed E-state index contributed by atoms with van der Waals surface area (Å²) in [6, 6.07) is 9.42. The van der Waals surface area contributed by atoms with Gasteiger partial charge in [-0.25, -0.2) is 4.79 Å². The molecule has 0 aliphatic heterocycles. The van der Waals surface area contributed by atoms with Crippen LogP contribution in [0.1, 0.15) is 49.0 Å². The maximum atomic E-state index is 12.2. The van der Waals surface area contributed by atoms with Gasteiger partial charge in [-0.15, -0.1) is 0 Å². The average Bonchev–Trinajstić information content (AvgIpc) is 3.08. The first-order valence-electron chi connectivity index (χ1n) is 10.1. The van der Waals surface area contributed by atoms with E-state index in [2.05, 4.69) is 10.3 Å². The van der Waals surface area contributed by atoms with Crippen LogP contribution >= 0.6 is 0 Å². The monoisotopic (exact) mass is 366 g/mol. The second kappa shape index (κ2) is 6.39. The summed E-state index contributed by atoms with van der Waals surface area (Å²) in [6.07, 6.45) is 7.97. The number of benzene rings is 1. The highest BCUT2D eigenvalue weighted by atomic mass is 16.5. The lowest BCUT2D eigenvalue weighted by Gasteiger charge is -2.56. The topological polar surface area (TPSA) is 71.2 Å². The van der Waals surface area contributed by atoms with Gasteiger partial charge in [0.05, 0.1) is 0 Å². The fourth-order valence-electron chi connectivity index (χ4n) is 6.24. The van der Waals surface area contributed by atoms with Crippen molar-refractivity contribution in [1.82, 2.24) is 10.3 Å². The predicted molar refractivity (Wildman–Crippen MR) is 102 cm³/mol. The molecule has 142 valence electrons. The van der Waals surface area contributed by atoms with Gasteiger partial charge in [-0.1, -0.05) is 18.2 Å². The largest absolute Gasteiger partial charge is 0.451 e. The van der Waals surface area contributed by atoms with Crippen molar-refractivity contribution in [2.24, 2.45) is 23.2 Å². The third kappa shape index (κ3) is 3.24. The Morgan fingerprint density at radius 3 is 2.41 bits per heavy atom. The van der Waals surface area contributed by atoms with Gasteiger partial charge in [0.1, 0.15) is 5.69 Å². The van der Waals surface area contributed by atoms with Crippen molar-refractivity contribution in [3.05, 3.63) is 36.0 Å². The molecular weight excluding hydrogens is 340 g/mol. The van der Waals surface area contributed by atoms with Crippen molar-refractivity contribution in [2.45, 2.75) is 38.5 Å². The van der Waals surface area contributed by atoms with Crippen LogP contribution in [-0.2, 0) is 9.53 Å². The number of amides is 1. The van der Waals surface area contributed by atoms with Crippen LogP contribution in [0.5, 0.6) is 0 Å². The highest BCUT2D eigenvalue weighted by Gasteiger charge is 2.50. The van der Waals surface area contributed by atoms with Gasteiger partial charge in [-0.2, -0.15) is 0 Å². The number of para-hydroxylation sites is 1. The molecule has 5 nitrogen and oxygen atoms in total. The maximum Gasteiger partial charge on any atom is 0.355 e. The summed E-state index contributed by atoms with van der Waals surface area (Å²) in [6.45, 7) is 0.514. The van der Waals surface area contributed by atoms with Crippen LogP contribution in [0.3, 0.4) is 0 Å². The number of nitrogens with one attached hydrogen (secondary N) is 2. The Kier molecular flexibility index (Phi) is 3.99. The van der Waals surface area contributed by atoms with Gasteiger partial charge in [-0.05, 0) is 73.8 Å². The lowest BCUT2D eigenvalue weighted by atomic mass is 9.49. The molecule has 0 atom stereocenters. The summed E-state index contributed by atoms with van der Waals surface area (Å²) in [5, 5.41) is 4.00. The number of esters is 1. The second-order valence-electron chi connectivity index (χ2n) is 9.04. The van der Waals surface area contributed by atoms with E-state index in [0.717, 1.165) is 35.2 Å². The van der Waals surface area contributed by atoms with Crippen molar-refractivity contribution in [2.75, 3.05) is 13.2 Å². The van der Waals surface area contributed by atoms with Gasteiger partial charge in [0.2, 0.25) is 0 Å². The standard InChI is InChI=1S/C22H26N2O3/c25-20(12-27-21(26)19-8-17-3-1-2-4-18(17)24-19)23-13-22-9-14-5-15(10-22)7-16(6-14)11-22/h1-4,8,14-16,24H,5-7,9-13H2,(H,23,25). The van der Waals surface area contributed by atoms with Crippen LogP contribution in [0, 0.1) is 23.2 Å². The fraction of sp³-hybridized carbons (Fsp3) is 0.545. The molecule has 1 amide bonds. The van der Waals surface area contributed by atoms with Crippen molar-refractivity contribution < 1.29 is 14.3 Å². The van der Waals surface area contributed by atoms with Crippen LogP contribution in [-0.4, -0.2) is 30.0 Å². The van der Waals surface area contributed by atoms with Crippen LogP contribution in [0.4, 0.5) is 0 Å². The molecule has 0 unspecified atom stereocenters. The van der Waals surface area contributed by atoms with Gasteiger partial charge in [0.15, 0.2) is 6.61 Å². The summed E-state index contributed by atoms with van der Waals surface area (Å²) in [5.74, 6) is 1.92. The van der Waals surface area contributed by atoms with E-state index in [0.29, 0.717) is 11.1 Å². The van der Waals surface area contributed by atoms with Gasteiger partial charge in [0, 0.05) is 17.4 Å². The summed E-state index contributed by atoms with van der Waals surface area (Å²) in [5.41, 5.74) is 1.56. The van der Waals surface area contributed by atoms with Crippen LogP contribution in [0.25, 0.3) is 10.9 Å². The molecule has 4 aliphatic carbocycles. The van der Waals surface area contributed by atoms with Crippen molar-refractivity contribution in [1.29, 1.82) is 0 Å². The molecule has 4 aliphatic rings. The number of carbonyl (C=O) groups excluding carboxylic acids is 2. The number of rotatable bonds is 5. The lowest BCUT2D eigenvalue weighted by molar-refractivity contribution is -0.126. The Labute approximate surface area is 158 Å². The summed E-state index contributed by atoms with van der Waals surface area (Å²) in [7, 11) is 0. The van der Waals surface area contributed by atoms with Crippen molar-refractivity contribution >= 4 is 22.8 Å². The SMILES string of the molecule is O=C(COC(=O)c1cc2ccccc2[nH]1)NCC12CC3CC(CC(C3)C1)C2. The molecule has 2 aromatic rings. The van der Waals surface area contributed by atoms with E-state index >= 15 is 0 Å². The Morgan fingerprint density at radius 1 is 1.07 bits per heavy atom. The Bertz CT molecular complexity index is 816. The van der Waals surface area contributed by atoms with Gasteiger partial charge in [0.25, 0.3) is 5.91 Å². The first-order valence-corrected chi connectivity index (χ1v) is 10.1. The molecule has 1 heterocycles. The Balaban J connectivity index is 1.14. The highest BCUT2D eigenvalue weighted by molar-refractivity contribution is 5.95. The number of hydrogen-bond acceptors (Lipinski definition) is 3. The highest BCUT2D eigenvalue weighted by Crippen LogP contribution is 2.59. The number of fused-ring (bicyclic) bond motifs is 1. The molecule has 0 spiro atoms. The molecular formula is C22H26N2O3. The van der Waals surface area contributed by atoms with E-state index < -0.39 is 5.97 Å². The van der Waals surface area contributed by atoms with E-state index in [9.17, 15) is 9.59 Å². The van der Waals surface area contributed by atoms with E-state index in [1.165, 1.54) is 38.5 Å². The zero-order valence-corrected chi connectivity index (χ0v) is 15.5. The van der Waals surface area contributed by atoms with Crippen LogP contribution < -0.4 is 5.32 Å². The number of hydrogen-bond donors (Lipinski definition) is 2. The first-order chi connectivity index (χ1) is 13.1. The molecule has 4 bridgehead atoms. The molecule has 4 saturated carbocycles. The van der Waals surface area contributed by atoms with E-state index in [-0.39, 0.29) is 12.5 Å². The number of aromatic nitrogens is 1. The number of carbonyl (C=O) groups is 2. The predicted octanol–water partition coefficient (Wildman–Crippen LogP) is 3.66. The van der Waals surface area contributed by atoms with Gasteiger partial charge < -0.3 is 15.0 Å². The minimum absolute atomic E-state index is 0.199. The Morgan fingerprint density at radius 2 is 1.74 bits per heavy atom. The molecule has 6 rings (SSSR count). The fourth-order valence-corrected chi connectivity index (χ4v) is 6.24. The summed E-state index contributed by atoms with van der Waals surface area (Å²) >= 11 is 0. The zero-order chi connectivity index (χ0) is 18.4. The number of ether oxygens (including phenoxy) is 1. The molecule has 27 heavy (non-hydrogen) atoms. The van der Waals surface area contributed by atoms with Crippen LogP contribution in [0.2, 0.25) is 0 Å². The van der Waals surface area contributed by atoms with Crippen LogP contribution in [0.15, 0.2) is 30.3 Å². The van der Waals surface area contributed by atoms with E-state index in [4.69, 9.17) is 4.74 Å². The van der Waals surface area contributed by atoms with Gasteiger partial charge >= 0.3 is 5.97 Å². The molecule has 0 saturated heterocycles. The second-order valence-corrected chi connectivity index (χ2v) is 9.04. The molecule has 2 N–H and O–H groups in total. The third-order valence-corrected chi connectivity index (χ3v) is 6.91. The normalized spacial score (nSPS) is 31.2. The zero-order valence-electron chi connectivity index (χ0n) is 15.5. The quantitative estimate of drug-likeness (QED) is 0.794. The smallest absolute Gasteiger partial charge is 0.355 e. The molecule has 5 heteroatoms. The molecule has 1 aromatic carbocycles. The van der Waals surface area contributed by atoms with E-state index in [1.54, 1.807) is 6.07 Å².